The van der Waals surface area contributed by atoms with Crippen LogP contribution in [0, 0.1) is 0 Å². The predicted octanol–water partition coefficient (Wildman–Crippen LogP) is 4.92. The third kappa shape index (κ3) is 3.39. The van der Waals surface area contributed by atoms with E-state index in [9.17, 15) is 15.0 Å². The number of aromatic nitrogens is 1. The molecule has 0 saturated carbocycles. The first-order valence-corrected chi connectivity index (χ1v) is 8.55. The Morgan fingerprint density at radius 3 is 2.54 bits per heavy atom. The van der Waals surface area contributed by atoms with Gasteiger partial charge in [0.15, 0.2) is 0 Å². The van der Waals surface area contributed by atoms with E-state index in [0.717, 1.165) is 5.56 Å². The molecule has 3 N–H and O–H groups in total. The molecule has 0 fully saturated rings. The first-order valence-electron chi connectivity index (χ1n) is 8.18. The Kier molecular flexibility index (Phi) is 4.91. The van der Waals surface area contributed by atoms with Crippen molar-refractivity contribution in [3.63, 3.8) is 0 Å². The van der Waals surface area contributed by atoms with Gasteiger partial charge in [-0.3, -0.25) is 9.36 Å². The van der Waals surface area contributed by atoms with E-state index in [1.165, 1.54) is 10.8 Å². The average molecular weight is 371 g/mol. The summed E-state index contributed by atoms with van der Waals surface area (Å²) in [5, 5.41) is 23.9. The normalized spacial score (nSPS) is 10.9. The summed E-state index contributed by atoms with van der Waals surface area (Å²) in [6.07, 6.45) is 1.28. The van der Waals surface area contributed by atoms with E-state index in [1.807, 2.05) is 32.0 Å². The SMILES string of the molecule is CC(C)c1ccccc1NC(=O)c1c(O)cn(-c2cccc(Cl)c2)c1O. The number of carbonyl (C=O) groups is 1. The fourth-order valence-corrected chi connectivity index (χ4v) is 3.01. The molecule has 134 valence electrons. The molecule has 5 nitrogen and oxygen atoms in total. The van der Waals surface area contributed by atoms with Crippen LogP contribution in [-0.2, 0) is 0 Å². The van der Waals surface area contributed by atoms with E-state index >= 15 is 0 Å². The van der Waals surface area contributed by atoms with Crippen LogP contribution in [0.25, 0.3) is 5.69 Å². The fourth-order valence-electron chi connectivity index (χ4n) is 2.82. The molecule has 3 aromatic rings. The number of hydrogen-bond donors (Lipinski definition) is 3. The molecule has 0 radical (unpaired) electrons. The van der Waals surface area contributed by atoms with Crippen molar-refractivity contribution >= 4 is 23.2 Å². The van der Waals surface area contributed by atoms with Crippen molar-refractivity contribution < 1.29 is 15.0 Å². The van der Waals surface area contributed by atoms with Crippen molar-refractivity contribution in [3.8, 4) is 17.3 Å². The fraction of sp³-hybridized carbons (Fsp3) is 0.150. The molecule has 0 spiro atoms. The second-order valence-electron chi connectivity index (χ2n) is 6.26. The smallest absolute Gasteiger partial charge is 0.264 e. The molecule has 0 saturated heterocycles. The first-order chi connectivity index (χ1) is 12.4. The summed E-state index contributed by atoms with van der Waals surface area (Å²) in [7, 11) is 0. The molecule has 0 bridgehead atoms. The van der Waals surface area contributed by atoms with Crippen LogP contribution in [0.3, 0.4) is 0 Å². The molecule has 1 aromatic heterocycles. The van der Waals surface area contributed by atoms with E-state index in [-0.39, 0.29) is 23.1 Å². The van der Waals surface area contributed by atoms with E-state index in [0.29, 0.717) is 16.4 Å². The second-order valence-corrected chi connectivity index (χ2v) is 6.70. The molecular formula is C20H19ClN2O3. The monoisotopic (exact) mass is 370 g/mol. The van der Waals surface area contributed by atoms with Crippen LogP contribution in [0.2, 0.25) is 5.02 Å². The Hall–Kier alpha value is -2.92. The number of para-hydroxylation sites is 1. The lowest BCUT2D eigenvalue weighted by molar-refractivity contribution is 0.102. The highest BCUT2D eigenvalue weighted by Crippen LogP contribution is 2.34. The number of aromatic hydroxyl groups is 2. The Bertz CT molecular complexity index is 963. The second kappa shape index (κ2) is 7.14. The van der Waals surface area contributed by atoms with Crippen molar-refractivity contribution in [2.24, 2.45) is 0 Å². The largest absolute Gasteiger partial charge is 0.505 e. The minimum atomic E-state index is -0.589. The Morgan fingerprint density at radius 1 is 1.12 bits per heavy atom. The first kappa shape index (κ1) is 17.9. The van der Waals surface area contributed by atoms with Crippen molar-refractivity contribution in [1.82, 2.24) is 4.57 Å². The van der Waals surface area contributed by atoms with E-state index in [4.69, 9.17) is 11.6 Å². The zero-order chi connectivity index (χ0) is 18.8. The number of amides is 1. The van der Waals surface area contributed by atoms with Crippen LogP contribution in [0.4, 0.5) is 5.69 Å². The minimum Gasteiger partial charge on any atom is -0.505 e. The van der Waals surface area contributed by atoms with Gasteiger partial charge in [-0.05, 0) is 35.7 Å². The summed E-state index contributed by atoms with van der Waals surface area (Å²) in [6, 6.07) is 14.2. The van der Waals surface area contributed by atoms with Gasteiger partial charge in [-0.15, -0.1) is 0 Å². The van der Waals surface area contributed by atoms with Gasteiger partial charge < -0.3 is 15.5 Å². The third-order valence-electron chi connectivity index (χ3n) is 4.10. The maximum atomic E-state index is 12.7. The molecule has 0 aliphatic heterocycles. The lowest BCUT2D eigenvalue weighted by atomic mass is 10.0. The maximum absolute atomic E-state index is 12.7. The molecule has 26 heavy (non-hydrogen) atoms. The van der Waals surface area contributed by atoms with Crippen molar-refractivity contribution in [3.05, 3.63) is 70.9 Å². The molecular weight excluding hydrogens is 352 g/mol. The van der Waals surface area contributed by atoms with E-state index in [2.05, 4.69) is 5.32 Å². The molecule has 3 rings (SSSR count). The van der Waals surface area contributed by atoms with Gasteiger partial charge in [0.05, 0.1) is 11.9 Å². The summed E-state index contributed by atoms with van der Waals surface area (Å²) >= 11 is 5.97. The van der Waals surface area contributed by atoms with Crippen LogP contribution in [0.1, 0.15) is 35.7 Å². The van der Waals surface area contributed by atoms with Gasteiger partial charge in [0.25, 0.3) is 5.91 Å². The summed E-state index contributed by atoms with van der Waals surface area (Å²) in [4.78, 5) is 12.7. The third-order valence-corrected chi connectivity index (χ3v) is 4.34. The molecule has 0 unspecified atom stereocenters. The van der Waals surface area contributed by atoms with Gasteiger partial charge >= 0.3 is 0 Å². The highest BCUT2D eigenvalue weighted by molar-refractivity contribution is 6.30. The topological polar surface area (TPSA) is 74.5 Å². The summed E-state index contributed by atoms with van der Waals surface area (Å²) < 4.78 is 1.31. The molecule has 0 aliphatic carbocycles. The van der Waals surface area contributed by atoms with Gasteiger partial charge in [0.2, 0.25) is 5.88 Å². The van der Waals surface area contributed by atoms with Crippen LogP contribution < -0.4 is 5.32 Å². The van der Waals surface area contributed by atoms with Gasteiger partial charge in [0.1, 0.15) is 11.3 Å². The summed E-state index contributed by atoms with van der Waals surface area (Å²) in [5.74, 6) is -1.05. The van der Waals surface area contributed by atoms with Crippen molar-refractivity contribution in [2.45, 2.75) is 19.8 Å². The molecule has 2 aromatic carbocycles. The molecule has 1 heterocycles. The minimum absolute atomic E-state index is 0.191. The Balaban J connectivity index is 1.97. The summed E-state index contributed by atoms with van der Waals surface area (Å²) in [5.41, 5.74) is 1.95. The van der Waals surface area contributed by atoms with Gasteiger partial charge in [-0.2, -0.15) is 0 Å². The summed E-state index contributed by atoms with van der Waals surface area (Å²) in [6.45, 7) is 4.05. The number of halogens is 1. The number of anilines is 1. The predicted molar refractivity (Wildman–Crippen MR) is 103 cm³/mol. The van der Waals surface area contributed by atoms with Crippen LogP contribution in [-0.4, -0.2) is 20.7 Å². The van der Waals surface area contributed by atoms with Crippen LogP contribution in [0.5, 0.6) is 11.6 Å². The van der Waals surface area contributed by atoms with E-state index in [1.54, 1.807) is 30.3 Å². The Morgan fingerprint density at radius 2 is 1.85 bits per heavy atom. The van der Waals surface area contributed by atoms with Gasteiger partial charge in [-0.25, -0.2) is 0 Å². The molecule has 0 atom stereocenters. The number of benzene rings is 2. The van der Waals surface area contributed by atoms with Crippen molar-refractivity contribution in [2.75, 3.05) is 5.32 Å². The van der Waals surface area contributed by atoms with Crippen molar-refractivity contribution in [1.29, 1.82) is 0 Å². The molecule has 6 heteroatoms. The molecule has 1 amide bonds. The standard InChI is InChI=1S/C20H19ClN2O3/c1-12(2)15-8-3-4-9-16(15)22-19(25)18-17(24)11-23(20(18)26)14-7-5-6-13(21)10-14/h3-12,24,26H,1-2H3,(H,22,25). The van der Waals surface area contributed by atoms with Crippen LogP contribution >= 0.6 is 11.6 Å². The zero-order valence-corrected chi connectivity index (χ0v) is 15.2. The van der Waals surface area contributed by atoms with E-state index < -0.39 is 5.91 Å². The maximum Gasteiger partial charge on any atom is 0.264 e. The number of hydrogen-bond acceptors (Lipinski definition) is 3. The Labute approximate surface area is 156 Å². The van der Waals surface area contributed by atoms with Gasteiger partial charge in [0, 0.05) is 10.7 Å². The lowest BCUT2D eigenvalue weighted by Gasteiger charge is -2.13. The number of rotatable bonds is 4. The number of nitrogens with zero attached hydrogens (tertiary/aromatic N) is 1. The van der Waals surface area contributed by atoms with Crippen LogP contribution in [0.15, 0.2) is 54.7 Å². The van der Waals surface area contributed by atoms with Gasteiger partial charge in [-0.1, -0.05) is 49.7 Å². The quantitative estimate of drug-likeness (QED) is 0.610. The lowest BCUT2D eigenvalue weighted by Crippen LogP contribution is -2.13. The zero-order valence-electron chi connectivity index (χ0n) is 14.4. The number of carbonyl (C=O) groups excluding carboxylic acids is 1. The highest BCUT2D eigenvalue weighted by Gasteiger charge is 2.23. The number of nitrogens with one attached hydrogen (secondary N) is 1. The average Bonchev–Trinajstić information content (AvgIpc) is 2.89. The highest BCUT2D eigenvalue weighted by atomic mass is 35.5. The molecule has 0 aliphatic rings.